The summed E-state index contributed by atoms with van der Waals surface area (Å²) < 4.78 is 7.43. The highest BCUT2D eigenvalue weighted by Gasteiger charge is 2.33. The van der Waals surface area contributed by atoms with Crippen LogP contribution in [0.15, 0.2) is 30.5 Å². The van der Waals surface area contributed by atoms with Gasteiger partial charge in [0.2, 0.25) is 0 Å². The summed E-state index contributed by atoms with van der Waals surface area (Å²) in [5.41, 5.74) is 6.87. The smallest absolute Gasteiger partial charge is 0.161 e. The molecular weight excluding hydrogens is 264 g/mol. The highest BCUT2D eigenvalue weighted by molar-refractivity contribution is 5.35. The van der Waals surface area contributed by atoms with Crippen LogP contribution < -0.4 is 16.0 Å². The Bertz CT molecular complexity index is 576. The minimum Gasteiger partial charge on any atom is -0.493 e. The van der Waals surface area contributed by atoms with Gasteiger partial charge in [0.25, 0.3) is 0 Å². The zero-order valence-corrected chi connectivity index (χ0v) is 12.5. The summed E-state index contributed by atoms with van der Waals surface area (Å²) in [4.78, 5) is 0. The second kappa shape index (κ2) is 5.87. The molecule has 1 aliphatic rings. The molecule has 0 saturated carbocycles. The number of ether oxygens (including phenoxy) is 1. The van der Waals surface area contributed by atoms with Crippen LogP contribution in [0.2, 0.25) is 0 Å². The number of fused-ring (bicyclic) bond motifs is 1. The average Bonchev–Trinajstić information content (AvgIpc) is 3.11. The van der Waals surface area contributed by atoms with Crippen molar-refractivity contribution in [3.8, 4) is 5.75 Å². The van der Waals surface area contributed by atoms with Crippen molar-refractivity contribution in [1.82, 2.24) is 15.2 Å². The van der Waals surface area contributed by atoms with Gasteiger partial charge in [-0.05, 0) is 36.8 Å². The summed E-state index contributed by atoms with van der Waals surface area (Å²) in [5, 5.41) is 4.39. The second-order valence-electron chi connectivity index (χ2n) is 5.50. The van der Waals surface area contributed by atoms with E-state index in [0.717, 1.165) is 30.8 Å². The van der Waals surface area contributed by atoms with Gasteiger partial charge in [0.05, 0.1) is 25.0 Å². The molecule has 1 heterocycles. The van der Waals surface area contributed by atoms with Crippen LogP contribution in [0.4, 0.5) is 0 Å². The monoisotopic (exact) mass is 286 g/mol. The fourth-order valence-corrected chi connectivity index (χ4v) is 3.37. The molecule has 5 heteroatoms. The lowest BCUT2D eigenvalue weighted by atomic mass is 9.94. The first-order valence-corrected chi connectivity index (χ1v) is 7.41. The fraction of sp³-hybridized carbons (Fsp3) is 0.438. The largest absolute Gasteiger partial charge is 0.493 e. The zero-order chi connectivity index (χ0) is 14.8. The Hall–Kier alpha value is -1.85. The molecule has 5 nitrogen and oxygen atoms in total. The van der Waals surface area contributed by atoms with Crippen molar-refractivity contribution in [1.29, 1.82) is 0 Å². The maximum Gasteiger partial charge on any atom is 0.161 e. The number of benzene rings is 1. The van der Waals surface area contributed by atoms with E-state index in [1.54, 1.807) is 13.3 Å². The molecule has 1 aromatic heterocycles. The first-order chi connectivity index (χ1) is 10.3. The molecule has 0 saturated heterocycles. The van der Waals surface area contributed by atoms with Crippen molar-refractivity contribution >= 4 is 0 Å². The Balaban J connectivity index is 1.92. The summed E-state index contributed by atoms with van der Waals surface area (Å²) in [7, 11) is 1.68. The summed E-state index contributed by atoms with van der Waals surface area (Å²) in [5.74, 6) is 7.10. The predicted octanol–water partition coefficient (Wildman–Crippen LogP) is 1.83. The number of hydrazine groups is 1. The Morgan fingerprint density at radius 3 is 2.57 bits per heavy atom. The van der Waals surface area contributed by atoms with Crippen molar-refractivity contribution in [2.45, 2.75) is 32.4 Å². The van der Waals surface area contributed by atoms with Gasteiger partial charge in [-0.3, -0.25) is 16.0 Å². The molecule has 21 heavy (non-hydrogen) atoms. The van der Waals surface area contributed by atoms with Gasteiger partial charge >= 0.3 is 0 Å². The lowest BCUT2D eigenvalue weighted by Gasteiger charge is -2.24. The van der Waals surface area contributed by atoms with Crippen LogP contribution in [0.25, 0.3) is 0 Å². The Kier molecular flexibility index (Phi) is 3.94. The summed E-state index contributed by atoms with van der Waals surface area (Å²) >= 11 is 0. The van der Waals surface area contributed by atoms with Crippen LogP contribution in [-0.2, 0) is 19.4 Å². The van der Waals surface area contributed by atoms with Gasteiger partial charge < -0.3 is 4.74 Å². The minimum atomic E-state index is 0.0369. The maximum atomic E-state index is 5.88. The quantitative estimate of drug-likeness (QED) is 0.650. The van der Waals surface area contributed by atoms with Gasteiger partial charge in [0.15, 0.2) is 5.75 Å². The SMILES string of the molecule is CCn1ncc(OC)c1C(NN)C1Cc2ccccc2C1. The number of hydrogen-bond acceptors (Lipinski definition) is 4. The molecule has 0 amide bonds. The number of nitrogens with two attached hydrogens (primary N) is 1. The molecule has 0 spiro atoms. The normalized spacial score (nSPS) is 16.0. The fourth-order valence-electron chi connectivity index (χ4n) is 3.37. The number of aromatic nitrogens is 2. The van der Waals surface area contributed by atoms with E-state index < -0.39 is 0 Å². The van der Waals surface area contributed by atoms with E-state index in [1.165, 1.54) is 11.1 Å². The average molecular weight is 286 g/mol. The number of nitrogens with zero attached hydrogens (tertiary/aromatic N) is 2. The van der Waals surface area contributed by atoms with E-state index in [1.807, 2.05) is 4.68 Å². The van der Waals surface area contributed by atoms with E-state index in [-0.39, 0.29) is 6.04 Å². The molecule has 0 fully saturated rings. The lowest BCUT2D eigenvalue weighted by Crippen LogP contribution is -2.35. The number of aryl methyl sites for hydroxylation is 1. The van der Waals surface area contributed by atoms with E-state index in [4.69, 9.17) is 10.6 Å². The summed E-state index contributed by atoms with van der Waals surface area (Å²) in [6.45, 7) is 2.88. The van der Waals surface area contributed by atoms with Crippen molar-refractivity contribution in [2.75, 3.05) is 7.11 Å². The molecule has 3 N–H and O–H groups in total. The second-order valence-corrected chi connectivity index (χ2v) is 5.50. The van der Waals surface area contributed by atoms with Gasteiger partial charge in [-0.2, -0.15) is 5.10 Å². The lowest BCUT2D eigenvalue weighted by molar-refractivity contribution is 0.334. The summed E-state index contributed by atoms with van der Waals surface area (Å²) in [6, 6.07) is 8.65. The molecule has 2 aromatic rings. The standard InChI is InChI=1S/C16H22N4O/c1-3-20-16(14(21-2)10-18-20)15(19-17)13-8-11-6-4-5-7-12(11)9-13/h4-7,10,13,15,19H,3,8-9,17H2,1-2H3. The van der Waals surface area contributed by atoms with Crippen molar-refractivity contribution in [2.24, 2.45) is 11.8 Å². The highest BCUT2D eigenvalue weighted by Crippen LogP contribution is 2.37. The van der Waals surface area contributed by atoms with Gasteiger partial charge in [-0.15, -0.1) is 0 Å². The third-order valence-corrected chi connectivity index (χ3v) is 4.39. The highest BCUT2D eigenvalue weighted by atomic mass is 16.5. The summed E-state index contributed by atoms with van der Waals surface area (Å²) in [6.07, 6.45) is 3.83. The molecule has 3 rings (SSSR count). The van der Waals surface area contributed by atoms with Crippen molar-refractivity contribution in [3.63, 3.8) is 0 Å². The molecule has 0 bridgehead atoms. The zero-order valence-electron chi connectivity index (χ0n) is 12.5. The molecular formula is C16H22N4O. The molecule has 1 aromatic carbocycles. The Morgan fingerprint density at radius 1 is 1.38 bits per heavy atom. The van der Waals surface area contributed by atoms with Crippen LogP contribution in [0.3, 0.4) is 0 Å². The van der Waals surface area contributed by atoms with Crippen molar-refractivity contribution < 1.29 is 4.74 Å². The van der Waals surface area contributed by atoms with Crippen LogP contribution in [-0.4, -0.2) is 16.9 Å². The molecule has 0 aliphatic heterocycles. The van der Waals surface area contributed by atoms with Gasteiger partial charge in [-0.1, -0.05) is 24.3 Å². The van der Waals surface area contributed by atoms with Crippen LogP contribution in [0.1, 0.15) is 29.8 Å². The van der Waals surface area contributed by atoms with Gasteiger partial charge in [0, 0.05) is 6.54 Å². The molecule has 1 atom stereocenters. The number of methoxy groups -OCH3 is 1. The number of nitrogens with one attached hydrogen (secondary N) is 1. The van der Waals surface area contributed by atoms with Crippen LogP contribution in [0, 0.1) is 5.92 Å². The van der Waals surface area contributed by atoms with Gasteiger partial charge in [0.1, 0.15) is 0 Å². The third kappa shape index (κ3) is 2.43. The molecule has 0 radical (unpaired) electrons. The molecule has 1 aliphatic carbocycles. The van der Waals surface area contributed by atoms with E-state index in [0.29, 0.717) is 5.92 Å². The van der Waals surface area contributed by atoms with E-state index >= 15 is 0 Å². The first kappa shape index (κ1) is 14.1. The predicted molar refractivity (Wildman–Crippen MR) is 81.9 cm³/mol. The minimum absolute atomic E-state index is 0.0369. The topological polar surface area (TPSA) is 65.1 Å². The molecule has 1 unspecified atom stereocenters. The third-order valence-electron chi connectivity index (χ3n) is 4.39. The van der Waals surface area contributed by atoms with Crippen LogP contribution in [0.5, 0.6) is 5.75 Å². The van der Waals surface area contributed by atoms with E-state index in [2.05, 4.69) is 41.7 Å². The van der Waals surface area contributed by atoms with Crippen molar-refractivity contribution in [3.05, 3.63) is 47.3 Å². The van der Waals surface area contributed by atoms with E-state index in [9.17, 15) is 0 Å². The number of rotatable bonds is 5. The van der Waals surface area contributed by atoms with Crippen LogP contribution >= 0.6 is 0 Å². The maximum absolute atomic E-state index is 5.88. The Labute approximate surface area is 125 Å². The Morgan fingerprint density at radius 2 is 2.05 bits per heavy atom. The first-order valence-electron chi connectivity index (χ1n) is 7.41. The molecule has 112 valence electrons. The number of hydrogen-bond donors (Lipinski definition) is 2. The van der Waals surface area contributed by atoms with Gasteiger partial charge in [-0.25, -0.2) is 0 Å².